The third-order valence-electron chi connectivity index (χ3n) is 3.34. The van der Waals surface area contributed by atoms with Gasteiger partial charge < -0.3 is 10.6 Å². The van der Waals surface area contributed by atoms with Gasteiger partial charge in [-0.25, -0.2) is 4.98 Å². The molecule has 1 fully saturated rings. The number of nitrogens with one attached hydrogen (secondary N) is 2. The van der Waals surface area contributed by atoms with Crippen LogP contribution in [0.15, 0.2) is 24.0 Å². The molecule has 1 amide bonds. The lowest BCUT2D eigenvalue weighted by atomic mass is 10.1. The van der Waals surface area contributed by atoms with Crippen LogP contribution in [0.25, 0.3) is 10.7 Å². The maximum Gasteiger partial charge on any atom is 0.226 e. The quantitative estimate of drug-likeness (QED) is 0.881. The Bertz CT molecular complexity index is 594. The minimum atomic E-state index is 0.0275. The standard InChI is InChI=1S/C14H17N5OS/c20-13(18-10-2-1-3-15-7-10)6-11-9-21-14(19-11)12-8-16-4-5-17-12/h4-5,8-10,15H,1-3,6-7H2,(H,18,20)/t10-/m0/s1. The molecule has 2 aromatic rings. The molecule has 1 saturated heterocycles. The Hall–Kier alpha value is -1.86. The molecule has 3 rings (SSSR count). The molecule has 1 aliphatic heterocycles. The van der Waals surface area contributed by atoms with E-state index in [0.29, 0.717) is 6.42 Å². The van der Waals surface area contributed by atoms with E-state index in [0.717, 1.165) is 42.3 Å². The van der Waals surface area contributed by atoms with Gasteiger partial charge in [-0.1, -0.05) is 0 Å². The van der Waals surface area contributed by atoms with Crippen LogP contribution in [0.2, 0.25) is 0 Å². The van der Waals surface area contributed by atoms with Crippen molar-refractivity contribution in [3.8, 4) is 10.7 Å². The van der Waals surface area contributed by atoms with Crippen molar-refractivity contribution in [2.45, 2.75) is 25.3 Å². The minimum absolute atomic E-state index is 0.0275. The summed E-state index contributed by atoms with van der Waals surface area (Å²) < 4.78 is 0. The molecule has 21 heavy (non-hydrogen) atoms. The summed E-state index contributed by atoms with van der Waals surface area (Å²) in [5.41, 5.74) is 1.52. The number of piperidine rings is 1. The maximum atomic E-state index is 12.0. The van der Waals surface area contributed by atoms with Gasteiger partial charge >= 0.3 is 0 Å². The van der Waals surface area contributed by atoms with E-state index in [-0.39, 0.29) is 11.9 Å². The van der Waals surface area contributed by atoms with Crippen molar-refractivity contribution in [1.29, 1.82) is 0 Å². The molecule has 0 saturated carbocycles. The van der Waals surface area contributed by atoms with Gasteiger partial charge in [-0.15, -0.1) is 11.3 Å². The van der Waals surface area contributed by atoms with Crippen LogP contribution in [0.1, 0.15) is 18.5 Å². The number of nitrogens with zero attached hydrogens (tertiary/aromatic N) is 3. The molecule has 0 radical (unpaired) electrons. The number of carbonyl (C=O) groups is 1. The number of hydrogen-bond donors (Lipinski definition) is 2. The lowest BCUT2D eigenvalue weighted by Crippen LogP contribution is -2.46. The zero-order valence-corrected chi connectivity index (χ0v) is 12.4. The molecule has 0 spiro atoms. The van der Waals surface area contributed by atoms with Gasteiger partial charge in [0.1, 0.15) is 10.7 Å². The fourth-order valence-electron chi connectivity index (χ4n) is 2.33. The van der Waals surface area contributed by atoms with Gasteiger partial charge in [-0.05, 0) is 19.4 Å². The van der Waals surface area contributed by atoms with Crippen LogP contribution >= 0.6 is 11.3 Å². The summed E-state index contributed by atoms with van der Waals surface area (Å²) >= 11 is 1.48. The number of hydrogen-bond acceptors (Lipinski definition) is 6. The van der Waals surface area contributed by atoms with E-state index < -0.39 is 0 Å². The average molecular weight is 303 g/mol. The van der Waals surface area contributed by atoms with E-state index >= 15 is 0 Å². The highest BCUT2D eigenvalue weighted by Crippen LogP contribution is 2.20. The van der Waals surface area contributed by atoms with Gasteiger partial charge in [-0.2, -0.15) is 0 Å². The van der Waals surface area contributed by atoms with Crippen molar-refractivity contribution < 1.29 is 4.79 Å². The molecule has 110 valence electrons. The van der Waals surface area contributed by atoms with Crippen molar-refractivity contribution in [3.63, 3.8) is 0 Å². The summed E-state index contributed by atoms with van der Waals surface area (Å²) in [4.78, 5) is 24.7. The van der Waals surface area contributed by atoms with E-state index in [4.69, 9.17) is 0 Å². The number of amides is 1. The van der Waals surface area contributed by atoms with Crippen LogP contribution in [0.5, 0.6) is 0 Å². The van der Waals surface area contributed by atoms with Crippen molar-refractivity contribution in [2.24, 2.45) is 0 Å². The second kappa shape index (κ2) is 6.73. The smallest absolute Gasteiger partial charge is 0.226 e. The van der Waals surface area contributed by atoms with Crippen molar-refractivity contribution in [1.82, 2.24) is 25.6 Å². The predicted octanol–water partition coefficient (Wildman–Crippen LogP) is 1.01. The molecule has 0 aliphatic carbocycles. The SMILES string of the molecule is O=C(Cc1csc(-c2cnccn2)n1)N[C@H]1CCCNC1. The van der Waals surface area contributed by atoms with Crippen LogP contribution in [0.3, 0.4) is 0 Å². The largest absolute Gasteiger partial charge is 0.352 e. The molecular weight excluding hydrogens is 286 g/mol. The summed E-state index contributed by atoms with van der Waals surface area (Å²) in [5, 5.41) is 9.04. The molecule has 1 atom stereocenters. The first-order valence-corrected chi connectivity index (χ1v) is 7.90. The highest BCUT2D eigenvalue weighted by atomic mass is 32.1. The Kier molecular flexibility index (Phi) is 4.52. The highest BCUT2D eigenvalue weighted by Gasteiger charge is 2.16. The summed E-state index contributed by atoms with van der Waals surface area (Å²) in [6, 6.07) is 0.240. The molecule has 2 N–H and O–H groups in total. The first-order valence-electron chi connectivity index (χ1n) is 7.02. The van der Waals surface area contributed by atoms with Crippen LogP contribution < -0.4 is 10.6 Å². The van der Waals surface area contributed by atoms with E-state index in [1.54, 1.807) is 18.6 Å². The Balaban J connectivity index is 1.58. The van der Waals surface area contributed by atoms with E-state index in [1.165, 1.54) is 11.3 Å². The number of rotatable bonds is 4. The highest BCUT2D eigenvalue weighted by molar-refractivity contribution is 7.13. The van der Waals surface area contributed by atoms with Crippen LogP contribution in [-0.4, -0.2) is 40.0 Å². The van der Waals surface area contributed by atoms with Crippen LogP contribution in [0.4, 0.5) is 0 Å². The van der Waals surface area contributed by atoms with E-state index in [9.17, 15) is 4.79 Å². The molecule has 0 aromatic carbocycles. The summed E-state index contributed by atoms with van der Waals surface area (Å²) in [6.07, 6.45) is 7.41. The van der Waals surface area contributed by atoms with Gasteiger partial charge in [0.15, 0.2) is 0 Å². The fourth-order valence-corrected chi connectivity index (χ4v) is 3.11. The summed E-state index contributed by atoms with van der Waals surface area (Å²) in [6.45, 7) is 1.90. The molecule has 3 heterocycles. The minimum Gasteiger partial charge on any atom is -0.352 e. The van der Waals surface area contributed by atoms with Crippen molar-refractivity contribution in [3.05, 3.63) is 29.7 Å². The summed E-state index contributed by atoms with van der Waals surface area (Å²) in [5.74, 6) is 0.0275. The van der Waals surface area contributed by atoms with Gasteiger partial charge in [0.2, 0.25) is 5.91 Å². The zero-order valence-electron chi connectivity index (χ0n) is 11.6. The Morgan fingerprint density at radius 3 is 3.19 bits per heavy atom. The average Bonchev–Trinajstić information content (AvgIpc) is 2.97. The molecule has 6 nitrogen and oxygen atoms in total. The molecular formula is C14H17N5OS. The van der Waals surface area contributed by atoms with E-state index in [2.05, 4.69) is 25.6 Å². The molecule has 0 unspecified atom stereocenters. The Labute approximate surface area is 127 Å². The Morgan fingerprint density at radius 2 is 2.43 bits per heavy atom. The normalized spacial score (nSPS) is 18.4. The van der Waals surface area contributed by atoms with Crippen molar-refractivity contribution in [2.75, 3.05) is 13.1 Å². The first kappa shape index (κ1) is 14.1. The molecule has 7 heteroatoms. The lowest BCUT2D eigenvalue weighted by Gasteiger charge is -2.23. The second-order valence-electron chi connectivity index (χ2n) is 5.02. The maximum absolute atomic E-state index is 12.0. The lowest BCUT2D eigenvalue weighted by molar-refractivity contribution is -0.121. The van der Waals surface area contributed by atoms with Crippen molar-refractivity contribution >= 4 is 17.2 Å². The van der Waals surface area contributed by atoms with Gasteiger partial charge in [-0.3, -0.25) is 14.8 Å². The van der Waals surface area contributed by atoms with E-state index in [1.807, 2.05) is 5.38 Å². The third kappa shape index (κ3) is 3.83. The van der Waals surface area contributed by atoms with Gasteiger partial charge in [0, 0.05) is 30.4 Å². The zero-order chi connectivity index (χ0) is 14.5. The monoisotopic (exact) mass is 303 g/mol. The Morgan fingerprint density at radius 1 is 1.48 bits per heavy atom. The molecule has 0 bridgehead atoms. The number of aromatic nitrogens is 3. The second-order valence-corrected chi connectivity index (χ2v) is 5.88. The number of thiazole rings is 1. The topological polar surface area (TPSA) is 79.8 Å². The first-order chi connectivity index (χ1) is 10.3. The van der Waals surface area contributed by atoms with Crippen LogP contribution in [-0.2, 0) is 11.2 Å². The predicted molar refractivity (Wildman–Crippen MR) is 80.9 cm³/mol. The molecule has 1 aliphatic rings. The third-order valence-corrected chi connectivity index (χ3v) is 4.25. The molecule has 2 aromatic heterocycles. The van der Waals surface area contributed by atoms with Gasteiger partial charge in [0.25, 0.3) is 0 Å². The fraction of sp³-hybridized carbons (Fsp3) is 0.429. The number of carbonyl (C=O) groups excluding carboxylic acids is 1. The van der Waals surface area contributed by atoms with Crippen LogP contribution in [0, 0.1) is 0 Å². The summed E-state index contributed by atoms with van der Waals surface area (Å²) in [7, 11) is 0. The van der Waals surface area contributed by atoms with Gasteiger partial charge in [0.05, 0.1) is 18.3 Å².